The number of benzene rings is 2. The highest BCUT2D eigenvalue weighted by atomic mass is 35.5. The van der Waals surface area contributed by atoms with E-state index in [1.165, 1.54) is 13.2 Å². The molecule has 0 aromatic heterocycles. The van der Waals surface area contributed by atoms with Gasteiger partial charge in [-0.2, -0.15) is 0 Å². The number of ether oxygens (including phenoxy) is 2. The van der Waals surface area contributed by atoms with Crippen LogP contribution in [0.1, 0.15) is 22.8 Å². The number of halogens is 1. The minimum atomic E-state index is -0.788. The molecule has 25 heavy (non-hydrogen) atoms. The second-order valence-electron chi connectivity index (χ2n) is 5.36. The van der Waals surface area contributed by atoms with Gasteiger partial charge in [0.15, 0.2) is 6.10 Å². The predicted octanol–water partition coefficient (Wildman–Crippen LogP) is 2.89. The SMILES string of the molecule is COc1ccc(Cl)cc1C(=O)NNC(=O)[C@H](C)Oc1ccc(C)cc1. The molecule has 7 heteroatoms. The quantitative estimate of drug-likeness (QED) is 0.802. The molecule has 2 amide bonds. The number of amides is 2. The molecule has 2 aromatic rings. The molecular weight excluding hydrogens is 344 g/mol. The van der Waals surface area contributed by atoms with Crippen LogP contribution < -0.4 is 20.3 Å². The molecule has 0 heterocycles. The molecule has 132 valence electrons. The first-order valence-electron chi connectivity index (χ1n) is 7.57. The van der Waals surface area contributed by atoms with Crippen LogP contribution in [0.15, 0.2) is 42.5 Å². The molecule has 0 bridgehead atoms. The number of hydrogen-bond donors (Lipinski definition) is 2. The molecule has 0 saturated carbocycles. The van der Waals surface area contributed by atoms with Crippen molar-refractivity contribution in [3.05, 3.63) is 58.6 Å². The zero-order valence-corrected chi connectivity index (χ0v) is 14.9. The molecule has 2 rings (SSSR count). The van der Waals surface area contributed by atoms with Gasteiger partial charge in [-0.15, -0.1) is 0 Å². The van der Waals surface area contributed by atoms with Gasteiger partial charge in [-0.3, -0.25) is 20.4 Å². The predicted molar refractivity (Wildman–Crippen MR) is 94.9 cm³/mol. The highest BCUT2D eigenvalue weighted by molar-refractivity contribution is 6.31. The summed E-state index contributed by atoms with van der Waals surface area (Å²) in [6.45, 7) is 3.54. The number of methoxy groups -OCH3 is 1. The van der Waals surface area contributed by atoms with Crippen LogP contribution in [0.4, 0.5) is 0 Å². The van der Waals surface area contributed by atoms with Crippen molar-refractivity contribution in [3.8, 4) is 11.5 Å². The molecule has 1 atom stereocenters. The first kappa shape index (κ1) is 18.6. The van der Waals surface area contributed by atoms with E-state index in [1.807, 2.05) is 19.1 Å². The van der Waals surface area contributed by atoms with Crippen LogP contribution in [0, 0.1) is 6.92 Å². The van der Waals surface area contributed by atoms with Gasteiger partial charge in [0.2, 0.25) is 0 Å². The summed E-state index contributed by atoms with van der Waals surface area (Å²) in [4.78, 5) is 24.3. The number of rotatable bonds is 5. The maximum absolute atomic E-state index is 12.2. The van der Waals surface area contributed by atoms with E-state index in [-0.39, 0.29) is 5.56 Å². The second-order valence-corrected chi connectivity index (χ2v) is 5.80. The molecule has 2 N–H and O–H groups in total. The van der Waals surface area contributed by atoms with Crippen molar-refractivity contribution < 1.29 is 19.1 Å². The Morgan fingerprint density at radius 2 is 1.76 bits per heavy atom. The number of aryl methyl sites for hydroxylation is 1. The van der Waals surface area contributed by atoms with E-state index < -0.39 is 17.9 Å². The van der Waals surface area contributed by atoms with Crippen molar-refractivity contribution in [3.63, 3.8) is 0 Å². The van der Waals surface area contributed by atoms with Gasteiger partial charge in [0.05, 0.1) is 12.7 Å². The Labute approximate surface area is 151 Å². The fraction of sp³-hybridized carbons (Fsp3) is 0.222. The van der Waals surface area contributed by atoms with Crippen LogP contribution in [0.25, 0.3) is 0 Å². The Morgan fingerprint density at radius 1 is 1.08 bits per heavy atom. The summed E-state index contributed by atoms with van der Waals surface area (Å²) in [5.74, 6) is -0.124. The van der Waals surface area contributed by atoms with Crippen molar-refractivity contribution in [1.82, 2.24) is 10.9 Å². The number of carbonyl (C=O) groups is 2. The third-order valence-electron chi connectivity index (χ3n) is 3.41. The second kappa shape index (κ2) is 8.39. The maximum atomic E-state index is 12.2. The summed E-state index contributed by atoms with van der Waals surface area (Å²) in [7, 11) is 1.44. The Balaban J connectivity index is 1.93. The normalized spacial score (nSPS) is 11.4. The van der Waals surface area contributed by atoms with Gasteiger partial charge in [-0.05, 0) is 44.2 Å². The van der Waals surface area contributed by atoms with E-state index in [0.717, 1.165) is 5.56 Å². The minimum Gasteiger partial charge on any atom is -0.496 e. The van der Waals surface area contributed by atoms with Crippen LogP contribution in [0.3, 0.4) is 0 Å². The van der Waals surface area contributed by atoms with E-state index >= 15 is 0 Å². The molecule has 6 nitrogen and oxygen atoms in total. The van der Waals surface area contributed by atoms with Crippen molar-refractivity contribution >= 4 is 23.4 Å². The number of nitrogens with one attached hydrogen (secondary N) is 2. The average molecular weight is 363 g/mol. The fourth-order valence-electron chi connectivity index (χ4n) is 2.02. The van der Waals surface area contributed by atoms with E-state index in [2.05, 4.69) is 10.9 Å². The Kier molecular flexibility index (Phi) is 6.25. The Hall–Kier alpha value is -2.73. The third-order valence-corrected chi connectivity index (χ3v) is 3.64. The molecule has 0 unspecified atom stereocenters. The first-order valence-corrected chi connectivity index (χ1v) is 7.95. The lowest BCUT2D eigenvalue weighted by Gasteiger charge is -2.16. The van der Waals surface area contributed by atoms with Crippen molar-refractivity contribution in [1.29, 1.82) is 0 Å². The summed E-state index contributed by atoms with van der Waals surface area (Å²) in [6.07, 6.45) is -0.788. The largest absolute Gasteiger partial charge is 0.496 e. The van der Waals surface area contributed by atoms with E-state index in [9.17, 15) is 9.59 Å². The zero-order chi connectivity index (χ0) is 18.4. The molecule has 0 aliphatic heterocycles. The van der Waals surface area contributed by atoms with Crippen LogP contribution >= 0.6 is 11.6 Å². The lowest BCUT2D eigenvalue weighted by molar-refractivity contribution is -0.128. The summed E-state index contributed by atoms with van der Waals surface area (Å²) in [5, 5.41) is 0.383. The maximum Gasteiger partial charge on any atom is 0.279 e. The monoisotopic (exact) mass is 362 g/mol. The third kappa shape index (κ3) is 5.12. The standard InChI is InChI=1S/C18H19ClN2O4/c1-11-4-7-14(8-5-11)25-12(2)17(22)20-21-18(23)15-10-13(19)6-9-16(15)24-3/h4-10,12H,1-3H3,(H,20,22)(H,21,23)/t12-/m0/s1. The first-order chi connectivity index (χ1) is 11.9. The zero-order valence-electron chi connectivity index (χ0n) is 14.1. The summed E-state index contributed by atoms with van der Waals surface area (Å²) in [6, 6.07) is 11.9. The number of hydrazine groups is 1. The van der Waals surface area contributed by atoms with Gasteiger partial charge < -0.3 is 9.47 Å². The van der Waals surface area contributed by atoms with Crippen LogP contribution in [0.2, 0.25) is 5.02 Å². The van der Waals surface area contributed by atoms with Gasteiger partial charge in [0.25, 0.3) is 11.8 Å². The Morgan fingerprint density at radius 3 is 2.40 bits per heavy atom. The molecule has 0 aliphatic rings. The molecule has 0 fully saturated rings. The summed E-state index contributed by atoms with van der Waals surface area (Å²) >= 11 is 5.89. The summed E-state index contributed by atoms with van der Waals surface area (Å²) < 4.78 is 10.6. The topological polar surface area (TPSA) is 76.7 Å². The minimum absolute atomic E-state index is 0.211. The van der Waals surface area contributed by atoms with Crippen molar-refractivity contribution in [2.45, 2.75) is 20.0 Å². The highest BCUT2D eigenvalue weighted by Gasteiger charge is 2.18. The molecule has 0 aliphatic carbocycles. The van der Waals surface area contributed by atoms with Gasteiger partial charge in [-0.25, -0.2) is 0 Å². The number of hydrogen-bond acceptors (Lipinski definition) is 4. The van der Waals surface area contributed by atoms with Gasteiger partial charge >= 0.3 is 0 Å². The molecule has 0 spiro atoms. The fourth-order valence-corrected chi connectivity index (χ4v) is 2.19. The smallest absolute Gasteiger partial charge is 0.279 e. The average Bonchev–Trinajstić information content (AvgIpc) is 2.61. The lowest BCUT2D eigenvalue weighted by atomic mass is 10.2. The highest BCUT2D eigenvalue weighted by Crippen LogP contribution is 2.22. The lowest BCUT2D eigenvalue weighted by Crippen LogP contribution is -2.47. The van der Waals surface area contributed by atoms with Gasteiger partial charge in [0, 0.05) is 5.02 Å². The molecule has 2 aromatic carbocycles. The van der Waals surface area contributed by atoms with E-state index in [0.29, 0.717) is 16.5 Å². The van der Waals surface area contributed by atoms with Crippen LogP contribution in [-0.2, 0) is 4.79 Å². The van der Waals surface area contributed by atoms with Crippen LogP contribution in [-0.4, -0.2) is 25.0 Å². The van der Waals surface area contributed by atoms with Gasteiger partial charge in [0.1, 0.15) is 11.5 Å². The number of carbonyl (C=O) groups excluding carboxylic acids is 2. The molecule has 0 radical (unpaired) electrons. The van der Waals surface area contributed by atoms with Crippen molar-refractivity contribution in [2.75, 3.05) is 7.11 Å². The van der Waals surface area contributed by atoms with Crippen molar-refractivity contribution in [2.24, 2.45) is 0 Å². The van der Waals surface area contributed by atoms with E-state index in [4.69, 9.17) is 21.1 Å². The van der Waals surface area contributed by atoms with E-state index in [1.54, 1.807) is 31.2 Å². The molecule has 0 saturated heterocycles. The van der Waals surface area contributed by atoms with Crippen LogP contribution in [0.5, 0.6) is 11.5 Å². The Bertz CT molecular complexity index is 762. The van der Waals surface area contributed by atoms with Gasteiger partial charge in [-0.1, -0.05) is 29.3 Å². The summed E-state index contributed by atoms with van der Waals surface area (Å²) in [5.41, 5.74) is 5.94. The molecular formula is C18H19ClN2O4.